The number of amides is 3. The molecule has 3 aliphatic rings. The number of nitrogens with one attached hydrogen (secondary N) is 4. The predicted molar refractivity (Wildman–Crippen MR) is 163 cm³/mol. The molecule has 0 bridgehead atoms. The van der Waals surface area contributed by atoms with E-state index in [0.29, 0.717) is 0 Å². The van der Waals surface area contributed by atoms with Gasteiger partial charge in [0, 0.05) is 5.69 Å². The Morgan fingerprint density at radius 2 is 1.64 bits per heavy atom. The van der Waals surface area contributed by atoms with E-state index in [2.05, 4.69) is 33.4 Å². The number of hydrogen-bond donors (Lipinski definition) is 4. The van der Waals surface area contributed by atoms with Gasteiger partial charge in [0.15, 0.2) is 0 Å². The van der Waals surface area contributed by atoms with Crippen LogP contribution in [0, 0.1) is 5.92 Å². The zero-order valence-corrected chi connectivity index (χ0v) is 25.0. The summed E-state index contributed by atoms with van der Waals surface area (Å²) < 4.78 is 1.56. The average molecular weight is 576 g/mol. The van der Waals surface area contributed by atoms with Crippen molar-refractivity contribution in [2.24, 2.45) is 5.92 Å². The van der Waals surface area contributed by atoms with Crippen molar-refractivity contribution in [3.05, 3.63) is 63.1 Å². The summed E-state index contributed by atoms with van der Waals surface area (Å²) in [4.78, 5) is 53.7. The highest BCUT2D eigenvalue weighted by molar-refractivity contribution is 5.98. The Bertz CT molecular complexity index is 1360. The maximum atomic E-state index is 13.8. The van der Waals surface area contributed by atoms with Gasteiger partial charge >= 0.3 is 0 Å². The first kappa shape index (κ1) is 30.0. The molecule has 0 saturated heterocycles. The Balaban J connectivity index is 1.38. The van der Waals surface area contributed by atoms with Crippen LogP contribution in [0.4, 0.5) is 5.69 Å². The van der Waals surface area contributed by atoms with Gasteiger partial charge in [-0.05, 0) is 100 Å². The quantitative estimate of drug-likeness (QED) is 0.365. The van der Waals surface area contributed by atoms with Crippen LogP contribution < -0.4 is 26.8 Å². The van der Waals surface area contributed by atoms with Gasteiger partial charge in [0.1, 0.15) is 18.3 Å². The Morgan fingerprint density at radius 3 is 2.43 bits per heavy atom. The second-order valence-electron chi connectivity index (χ2n) is 12.2. The normalized spacial score (nSPS) is 20.0. The molecule has 226 valence electrons. The molecule has 1 aromatic heterocycles. The van der Waals surface area contributed by atoms with Crippen molar-refractivity contribution >= 4 is 23.4 Å². The second-order valence-corrected chi connectivity index (χ2v) is 12.2. The summed E-state index contributed by atoms with van der Waals surface area (Å²) in [6.07, 6.45) is 11.2. The van der Waals surface area contributed by atoms with Crippen LogP contribution in [0.5, 0.6) is 0 Å². The van der Waals surface area contributed by atoms with Crippen molar-refractivity contribution in [3.8, 4) is 0 Å². The molecule has 42 heavy (non-hydrogen) atoms. The van der Waals surface area contributed by atoms with Crippen molar-refractivity contribution in [2.45, 2.75) is 109 Å². The number of carbonyl (C=O) groups excluding carboxylic acids is 3. The van der Waals surface area contributed by atoms with E-state index >= 15 is 0 Å². The van der Waals surface area contributed by atoms with E-state index in [-0.39, 0.29) is 47.5 Å². The lowest BCUT2D eigenvalue weighted by Gasteiger charge is -2.31. The van der Waals surface area contributed by atoms with Crippen LogP contribution >= 0.6 is 0 Å². The Labute approximate surface area is 248 Å². The molecule has 9 heteroatoms. The lowest BCUT2D eigenvalue weighted by molar-refractivity contribution is -0.128. The van der Waals surface area contributed by atoms with Gasteiger partial charge in [-0.25, -0.2) is 0 Å². The molecule has 1 heterocycles. The summed E-state index contributed by atoms with van der Waals surface area (Å²) in [5.41, 5.74) is 4.08. The van der Waals surface area contributed by atoms with Gasteiger partial charge in [-0.2, -0.15) is 0 Å². The highest BCUT2D eigenvalue weighted by Crippen LogP contribution is 2.30. The van der Waals surface area contributed by atoms with Gasteiger partial charge in [-0.15, -0.1) is 0 Å². The highest BCUT2D eigenvalue weighted by atomic mass is 16.2. The topological polar surface area (TPSA) is 121 Å². The Kier molecular flexibility index (Phi) is 9.77. The fourth-order valence-electron chi connectivity index (χ4n) is 6.91. The van der Waals surface area contributed by atoms with Crippen LogP contribution in [0.2, 0.25) is 0 Å². The molecule has 1 fully saturated rings. The van der Waals surface area contributed by atoms with E-state index in [9.17, 15) is 19.2 Å². The molecule has 0 radical (unpaired) electrons. The molecule has 1 aromatic carbocycles. The molecular weight excluding hydrogens is 530 g/mol. The lowest BCUT2D eigenvalue weighted by Crippen LogP contribution is -2.53. The molecule has 1 saturated carbocycles. The number of likely N-dealkylation sites (N-methyl/N-ethyl adjacent to an activating group) is 1. The average Bonchev–Trinajstić information content (AvgIpc) is 3.01. The third-order valence-corrected chi connectivity index (χ3v) is 9.39. The first-order valence-electron chi connectivity index (χ1n) is 15.8. The summed E-state index contributed by atoms with van der Waals surface area (Å²) in [5, 5.41) is 11.9. The monoisotopic (exact) mass is 575 g/mol. The summed E-state index contributed by atoms with van der Waals surface area (Å²) in [6, 6.07) is 8.75. The first-order valence-corrected chi connectivity index (χ1v) is 15.8. The Hall–Kier alpha value is -3.46. The minimum atomic E-state index is -0.729. The zero-order chi connectivity index (χ0) is 29.6. The van der Waals surface area contributed by atoms with Crippen LogP contribution in [0.1, 0.15) is 93.1 Å². The second kappa shape index (κ2) is 13.7. The standard InChI is InChI=1S/C33H45N5O4/c1-21(34-2)31(40)37-30(23-12-4-3-5-13-23)32(41)36-27-19-24-14-7-9-18-28(24)38(33(27)42)20-29(39)35-26-17-10-15-22-11-6-8-16-25(22)26/h6,8,11,16,19,21,23,26,30,34H,3-5,7,9-10,12-15,17-18,20H2,1-2H3,(H,35,39)(H,36,41)(H,37,40)/t21-,26-,30-/m0/s1. The summed E-state index contributed by atoms with van der Waals surface area (Å²) in [7, 11) is 1.71. The number of benzene rings is 1. The van der Waals surface area contributed by atoms with Gasteiger partial charge < -0.3 is 25.8 Å². The minimum absolute atomic E-state index is 0.00996. The maximum absolute atomic E-state index is 13.8. The molecule has 5 rings (SSSR count). The van der Waals surface area contributed by atoms with Gasteiger partial charge in [-0.1, -0.05) is 43.5 Å². The van der Waals surface area contributed by atoms with Crippen molar-refractivity contribution in [1.82, 2.24) is 20.5 Å². The van der Waals surface area contributed by atoms with E-state index in [1.165, 1.54) is 5.56 Å². The van der Waals surface area contributed by atoms with Crippen molar-refractivity contribution in [3.63, 3.8) is 0 Å². The molecule has 0 spiro atoms. The van der Waals surface area contributed by atoms with E-state index < -0.39 is 12.1 Å². The van der Waals surface area contributed by atoms with Crippen LogP contribution in [0.15, 0.2) is 35.1 Å². The SMILES string of the molecule is CN[C@@H](C)C(=O)N[C@H](C(=O)Nc1cc2c(n(CC(=O)N[C@H]3CCCc4ccccc43)c1=O)CCCC2)C1CCCCC1. The number of rotatable bonds is 9. The van der Waals surface area contributed by atoms with Gasteiger partial charge in [0.25, 0.3) is 5.56 Å². The van der Waals surface area contributed by atoms with Crippen molar-refractivity contribution < 1.29 is 14.4 Å². The number of nitrogens with zero attached hydrogens (tertiary/aromatic N) is 1. The zero-order valence-electron chi connectivity index (χ0n) is 25.0. The largest absolute Gasteiger partial charge is 0.348 e. The smallest absolute Gasteiger partial charge is 0.275 e. The molecule has 3 atom stereocenters. The third kappa shape index (κ3) is 6.77. The maximum Gasteiger partial charge on any atom is 0.275 e. The molecule has 0 aliphatic heterocycles. The van der Waals surface area contributed by atoms with Gasteiger partial charge in [0.2, 0.25) is 17.7 Å². The van der Waals surface area contributed by atoms with E-state index in [4.69, 9.17) is 0 Å². The molecule has 3 aliphatic carbocycles. The van der Waals surface area contributed by atoms with Gasteiger partial charge in [-0.3, -0.25) is 19.2 Å². The number of anilines is 1. The number of aryl methyl sites for hydroxylation is 2. The van der Waals surface area contributed by atoms with Crippen LogP contribution in [-0.2, 0) is 40.2 Å². The van der Waals surface area contributed by atoms with Crippen molar-refractivity contribution in [2.75, 3.05) is 12.4 Å². The molecule has 2 aromatic rings. The molecular formula is C33H45N5O4. The number of pyridine rings is 1. The fourth-order valence-corrected chi connectivity index (χ4v) is 6.91. The predicted octanol–water partition coefficient (Wildman–Crippen LogP) is 3.53. The fraction of sp³-hybridized carbons (Fsp3) is 0.576. The van der Waals surface area contributed by atoms with E-state index in [1.807, 2.05) is 12.1 Å². The first-order chi connectivity index (χ1) is 20.4. The molecule has 9 nitrogen and oxygen atoms in total. The number of aromatic nitrogens is 1. The summed E-state index contributed by atoms with van der Waals surface area (Å²) >= 11 is 0. The van der Waals surface area contributed by atoms with Crippen LogP contribution in [0.3, 0.4) is 0 Å². The van der Waals surface area contributed by atoms with E-state index in [1.54, 1.807) is 24.6 Å². The minimum Gasteiger partial charge on any atom is -0.348 e. The molecule has 0 unspecified atom stereocenters. The number of fused-ring (bicyclic) bond motifs is 2. The Morgan fingerprint density at radius 1 is 0.905 bits per heavy atom. The number of carbonyl (C=O) groups is 3. The van der Waals surface area contributed by atoms with E-state index in [0.717, 1.165) is 93.9 Å². The molecule has 3 amide bonds. The molecule has 4 N–H and O–H groups in total. The lowest BCUT2D eigenvalue weighted by atomic mass is 9.83. The summed E-state index contributed by atoms with van der Waals surface area (Å²) in [6.45, 7) is 1.66. The van der Waals surface area contributed by atoms with Crippen LogP contribution in [0.25, 0.3) is 0 Å². The number of hydrogen-bond acceptors (Lipinski definition) is 5. The van der Waals surface area contributed by atoms with Gasteiger partial charge in [0.05, 0.1) is 12.1 Å². The third-order valence-electron chi connectivity index (χ3n) is 9.39. The highest BCUT2D eigenvalue weighted by Gasteiger charge is 2.33. The van der Waals surface area contributed by atoms with Crippen molar-refractivity contribution in [1.29, 1.82) is 0 Å². The van der Waals surface area contributed by atoms with Crippen LogP contribution in [-0.4, -0.2) is 41.4 Å². The summed E-state index contributed by atoms with van der Waals surface area (Å²) in [5.74, 6) is -0.813.